The van der Waals surface area contributed by atoms with Crippen LogP contribution in [0, 0.1) is 0 Å². The molecule has 0 spiro atoms. The van der Waals surface area contributed by atoms with Crippen LogP contribution in [-0.4, -0.2) is 35.4 Å². The maximum atomic E-state index is 12.7. The highest BCUT2D eigenvalue weighted by Gasteiger charge is 2.14. The van der Waals surface area contributed by atoms with Gasteiger partial charge in [0.05, 0.1) is 25.8 Å². The molecule has 0 saturated carbocycles. The first kappa shape index (κ1) is 20.4. The molecule has 0 radical (unpaired) electrons. The largest absolute Gasteiger partial charge is 0.469 e. The van der Waals surface area contributed by atoms with Crippen LogP contribution in [0.4, 0.5) is 0 Å². The number of nitrogens with zero attached hydrogens (tertiary/aromatic N) is 2. The van der Waals surface area contributed by atoms with Gasteiger partial charge in [-0.05, 0) is 35.3 Å². The van der Waals surface area contributed by atoms with Gasteiger partial charge in [-0.2, -0.15) is 0 Å². The lowest BCUT2D eigenvalue weighted by Gasteiger charge is -2.20. The molecular weight excluding hydrogens is 340 g/mol. The van der Waals surface area contributed by atoms with E-state index in [9.17, 15) is 9.59 Å². The molecule has 0 bridgehead atoms. The summed E-state index contributed by atoms with van der Waals surface area (Å²) in [6.45, 7) is 4.91. The summed E-state index contributed by atoms with van der Waals surface area (Å²) in [6.07, 6.45) is 5.15. The predicted molar refractivity (Wildman–Crippen MR) is 106 cm³/mol. The van der Waals surface area contributed by atoms with Crippen molar-refractivity contribution in [2.24, 2.45) is 0 Å². The van der Waals surface area contributed by atoms with Gasteiger partial charge in [0.1, 0.15) is 0 Å². The molecule has 2 rings (SSSR count). The first-order valence-electron chi connectivity index (χ1n) is 9.03. The van der Waals surface area contributed by atoms with Gasteiger partial charge in [-0.25, -0.2) is 0 Å². The molecule has 142 valence electrons. The van der Waals surface area contributed by atoms with E-state index in [1.807, 2.05) is 30.3 Å². The minimum absolute atomic E-state index is 0.145. The van der Waals surface area contributed by atoms with Crippen molar-refractivity contribution in [3.63, 3.8) is 0 Å². The van der Waals surface area contributed by atoms with Gasteiger partial charge in [0, 0.05) is 18.8 Å². The Labute approximate surface area is 160 Å². The lowest BCUT2D eigenvalue weighted by molar-refractivity contribution is -0.141. The van der Waals surface area contributed by atoms with E-state index in [1.165, 1.54) is 18.7 Å². The first-order valence-corrected chi connectivity index (χ1v) is 9.03. The molecule has 1 heterocycles. The van der Waals surface area contributed by atoms with Crippen LogP contribution >= 0.6 is 0 Å². The van der Waals surface area contributed by atoms with Gasteiger partial charge >= 0.3 is 5.97 Å². The van der Waals surface area contributed by atoms with E-state index in [4.69, 9.17) is 0 Å². The minimum Gasteiger partial charge on any atom is -0.469 e. The Morgan fingerprint density at radius 2 is 1.89 bits per heavy atom. The van der Waals surface area contributed by atoms with Crippen LogP contribution in [0.5, 0.6) is 0 Å². The second-order valence-corrected chi connectivity index (χ2v) is 6.56. The van der Waals surface area contributed by atoms with E-state index >= 15 is 0 Å². The Bertz CT molecular complexity index is 768. The summed E-state index contributed by atoms with van der Waals surface area (Å²) in [5, 5.41) is 0. The topological polar surface area (TPSA) is 59.5 Å². The van der Waals surface area contributed by atoms with Crippen LogP contribution in [0.2, 0.25) is 0 Å². The van der Waals surface area contributed by atoms with Gasteiger partial charge < -0.3 is 9.64 Å². The maximum absolute atomic E-state index is 12.7. The molecule has 0 saturated heterocycles. The number of hydrogen-bond donors (Lipinski definition) is 0. The summed E-state index contributed by atoms with van der Waals surface area (Å²) in [6, 6.07) is 13.7. The highest BCUT2D eigenvalue weighted by atomic mass is 16.5. The summed E-state index contributed by atoms with van der Waals surface area (Å²) >= 11 is 0. The molecule has 0 aliphatic heterocycles. The van der Waals surface area contributed by atoms with Crippen molar-refractivity contribution in [2.45, 2.75) is 32.7 Å². The third kappa shape index (κ3) is 6.70. The van der Waals surface area contributed by atoms with Crippen LogP contribution in [0.1, 0.15) is 43.0 Å². The fourth-order valence-corrected chi connectivity index (χ4v) is 2.55. The summed E-state index contributed by atoms with van der Waals surface area (Å²) in [4.78, 5) is 30.0. The number of benzene rings is 1. The van der Waals surface area contributed by atoms with Gasteiger partial charge in [0.25, 0.3) is 0 Å². The first-order chi connectivity index (χ1) is 13.0. The van der Waals surface area contributed by atoms with Gasteiger partial charge in [-0.3, -0.25) is 14.6 Å². The molecule has 1 aromatic carbocycles. The highest BCUT2D eigenvalue weighted by Crippen LogP contribution is 2.15. The standard InChI is InChI=1S/C22H26N2O3/c1-17(2)19-10-7-18(8-11-19)9-12-21(25)24(15-13-22(26)27-3)16-20-6-4-5-14-23-20/h4-12,14,17H,13,15-16H2,1-3H3/b12-9+. The van der Waals surface area contributed by atoms with Crippen molar-refractivity contribution in [3.8, 4) is 0 Å². The van der Waals surface area contributed by atoms with Crippen LogP contribution in [-0.2, 0) is 20.9 Å². The summed E-state index contributed by atoms with van der Waals surface area (Å²) in [7, 11) is 1.34. The minimum atomic E-state index is -0.345. The molecule has 0 N–H and O–H groups in total. The molecule has 0 unspecified atom stereocenters. The number of aromatic nitrogens is 1. The van der Waals surface area contributed by atoms with Crippen molar-refractivity contribution in [2.75, 3.05) is 13.7 Å². The summed E-state index contributed by atoms with van der Waals surface area (Å²) in [5.41, 5.74) is 2.98. The van der Waals surface area contributed by atoms with E-state index in [0.29, 0.717) is 12.5 Å². The number of methoxy groups -OCH3 is 1. The van der Waals surface area contributed by atoms with Crippen molar-refractivity contribution >= 4 is 18.0 Å². The van der Waals surface area contributed by atoms with Gasteiger partial charge in [0.2, 0.25) is 5.91 Å². The van der Waals surface area contributed by atoms with Gasteiger partial charge in [-0.15, -0.1) is 0 Å². The third-order valence-electron chi connectivity index (χ3n) is 4.23. The zero-order valence-electron chi connectivity index (χ0n) is 16.1. The lowest BCUT2D eigenvalue weighted by Crippen LogP contribution is -2.31. The Kier molecular flexibility index (Phi) is 7.74. The van der Waals surface area contributed by atoms with E-state index in [2.05, 4.69) is 35.7 Å². The number of pyridine rings is 1. The molecule has 5 nitrogen and oxygen atoms in total. The predicted octanol–water partition coefficient (Wildman–Crippen LogP) is 3.81. The average Bonchev–Trinajstić information content (AvgIpc) is 2.70. The van der Waals surface area contributed by atoms with Crippen LogP contribution < -0.4 is 0 Å². The van der Waals surface area contributed by atoms with Crippen LogP contribution in [0.25, 0.3) is 6.08 Å². The number of hydrogen-bond acceptors (Lipinski definition) is 4. The summed E-state index contributed by atoms with van der Waals surface area (Å²) < 4.78 is 4.68. The number of amides is 1. The molecule has 0 fully saturated rings. The van der Waals surface area contributed by atoms with Crippen LogP contribution in [0.15, 0.2) is 54.7 Å². The van der Waals surface area contributed by atoms with E-state index in [1.54, 1.807) is 17.2 Å². The molecule has 27 heavy (non-hydrogen) atoms. The van der Waals surface area contributed by atoms with Crippen molar-refractivity contribution in [1.29, 1.82) is 0 Å². The number of carbonyl (C=O) groups excluding carboxylic acids is 2. The zero-order chi connectivity index (χ0) is 19.6. The fourth-order valence-electron chi connectivity index (χ4n) is 2.55. The normalized spacial score (nSPS) is 11.0. The Balaban J connectivity index is 2.07. The molecular formula is C22H26N2O3. The van der Waals surface area contributed by atoms with Crippen LogP contribution in [0.3, 0.4) is 0 Å². The van der Waals surface area contributed by atoms with E-state index in [0.717, 1.165) is 11.3 Å². The number of carbonyl (C=O) groups is 2. The van der Waals surface area contributed by atoms with Gasteiger partial charge in [-0.1, -0.05) is 44.2 Å². The number of ether oxygens (including phenoxy) is 1. The quantitative estimate of drug-likeness (QED) is 0.526. The van der Waals surface area contributed by atoms with Gasteiger partial charge in [0.15, 0.2) is 0 Å². The molecule has 1 amide bonds. The number of rotatable bonds is 8. The van der Waals surface area contributed by atoms with E-state index in [-0.39, 0.29) is 24.8 Å². The van der Waals surface area contributed by atoms with Crippen molar-refractivity contribution < 1.29 is 14.3 Å². The monoisotopic (exact) mass is 366 g/mol. The highest BCUT2D eigenvalue weighted by molar-refractivity contribution is 5.92. The SMILES string of the molecule is COC(=O)CCN(Cc1ccccn1)C(=O)/C=C/c1ccc(C(C)C)cc1. The summed E-state index contributed by atoms with van der Waals surface area (Å²) in [5.74, 6) is -0.0450. The zero-order valence-corrected chi connectivity index (χ0v) is 16.1. The average molecular weight is 366 g/mol. The molecule has 5 heteroatoms. The molecule has 0 atom stereocenters. The van der Waals surface area contributed by atoms with Crippen molar-refractivity contribution in [3.05, 3.63) is 71.6 Å². The maximum Gasteiger partial charge on any atom is 0.307 e. The Hall–Kier alpha value is -2.95. The Morgan fingerprint density at radius 1 is 1.15 bits per heavy atom. The second-order valence-electron chi connectivity index (χ2n) is 6.56. The molecule has 2 aromatic rings. The molecule has 0 aliphatic carbocycles. The molecule has 1 aromatic heterocycles. The number of esters is 1. The third-order valence-corrected chi connectivity index (χ3v) is 4.23. The Morgan fingerprint density at radius 3 is 2.48 bits per heavy atom. The van der Waals surface area contributed by atoms with E-state index < -0.39 is 0 Å². The smallest absolute Gasteiger partial charge is 0.307 e. The lowest BCUT2D eigenvalue weighted by atomic mass is 10.0. The fraction of sp³-hybridized carbons (Fsp3) is 0.318. The second kappa shape index (κ2) is 10.3. The van der Waals surface area contributed by atoms with Crippen molar-refractivity contribution in [1.82, 2.24) is 9.88 Å². The molecule has 0 aliphatic rings.